The minimum Gasteiger partial charge on any atom is -0.468 e. The highest BCUT2D eigenvalue weighted by molar-refractivity contribution is 8.03. The first-order valence-corrected chi connectivity index (χ1v) is 5.31. The second kappa shape index (κ2) is 3.83. The summed E-state index contributed by atoms with van der Waals surface area (Å²) in [5.74, 6) is -0.262. The Balaban J connectivity index is 2.26. The van der Waals surface area contributed by atoms with E-state index in [1.165, 1.54) is 18.9 Å². The number of carbonyl (C=O) groups excluding carboxylic acids is 1. The summed E-state index contributed by atoms with van der Waals surface area (Å²) in [4.78, 5) is 12.3. The van der Waals surface area contributed by atoms with Crippen LogP contribution < -0.4 is 0 Å². The minimum absolute atomic E-state index is 0.262. The van der Waals surface area contributed by atoms with Crippen molar-refractivity contribution in [2.45, 2.75) is 11.3 Å². The summed E-state index contributed by atoms with van der Waals surface area (Å²) in [5, 5.41) is 1.42. The summed E-state index contributed by atoms with van der Waals surface area (Å²) >= 11 is 7.44. The number of hydrogen-bond donors (Lipinski definition) is 0. The number of benzene rings is 1. The van der Waals surface area contributed by atoms with E-state index in [0.717, 1.165) is 10.5 Å². The molecule has 1 aromatic rings. The Bertz CT molecular complexity index is 378. The highest BCUT2D eigenvalue weighted by Crippen LogP contribution is 2.44. The Morgan fingerprint density at radius 2 is 2.36 bits per heavy atom. The molecule has 0 N–H and O–H groups in total. The van der Waals surface area contributed by atoms with Gasteiger partial charge in [-0.15, -0.1) is 11.8 Å². The average molecular weight is 228 g/mol. The lowest BCUT2D eigenvalue weighted by atomic mass is 10.1. The lowest BCUT2D eigenvalue weighted by Gasteiger charge is -2.02. The molecule has 14 heavy (non-hydrogen) atoms. The topological polar surface area (TPSA) is 26.3 Å². The zero-order valence-electron chi connectivity index (χ0n) is 7.54. The van der Waals surface area contributed by atoms with E-state index < -0.39 is 0 Å². The Hall–Kier alpha value is -0.670. The fraction of sp³-hybridized carbons (Fsp3) is 0.200. The van der Waals surface area contributed by atoms with Gasteiger partial charge in [-0.3, -0.25) is 4.79 Å². The molecule has 2 rings (SSSR count). The fourth-order valence-electron chi connectivity index (χ4n) is 1.36. The molecule has 0 fully saturated rings. The van der Waals surface area contributed by atoms with Gasteiger partial charge in [0.1, 0.15) is 5.25 Å². The van der Waals surface area contributed by atoms with Crippen LogP contribution in [0.15, 0.2) is 23.1 Å². The van der Waals surface area contributed by atoms with E-state index >= 15 is 0 Å². The monoisotopic (exact) mass is 227 g/mol. The molecule has 73 valence electrons. The lowest BCUT2D eigenvalue weighted by molar-refractivity contribution is -0.137. The Morgan fingerprint density at radius 3 is 3.00 bits per heavy atom. The minimum atomic E-state index is -0.262. The molecule has 0 amide bonds. The van der Waals surface area contributed by atoms with Gasteiger partial charge in [-0.1, -0.05) is 17.7 Å². The zero-order chi connectivity index (χ0) is 10.1. The quantitative estimate of drug-likeness (QED) is 0.690. The summed E-state index contributed by atoms with van der Waals surface area (Å²) in [6.07, 6.45) is 0.590. The Labute approximate surface area is 91.6 Å². The van der Waals surface area contributed by atoms with Crippen molar-refractivity contribution in [3.05, 3.63) is 34.0 Å². The van der Waals surface area contributed by atoms with Gasteiger partial charge in [0.2, 0.25) is 0 Å². The maximum Gasteiger partial charge on any atom is 0.324 e. The number of esters is 1. The number of fused-ring (bicyclic) bond motifs is 1. The van der Waals surface area contributed by atoms with Crippen molar-refractivity contribution >= 4 is 29.3 Å². The van der Waals surface area contributed by atoms with Crippen LogP contribution in [0.5, 0.6) is 0 Å². The number of halogens is 1. The van der Waals surface area contributed by atoms with Crippen molar-refractivity contribution in [3.63, 3.8) is 0 Å². The molecule has 0 aliphatic carbocycles. The van der Waals surface area contributed by atoms with Crippen LogP contribution in [0.3, 0.4) is 0 Å². The molecular weight excluding hydrogens is 220 g/mol. The lowest BCUT2D eigenvalue weighted by Crippen LogP contribution is -2.09. The summed E-state index contributed by atoms with van der Waals surface area (Å²) in [5.41, 5.74) is 1.03. The molecule has 0 saturated heterocycles. The third kappa shape index (κ3) is 1.62. The second-order valence-corrected chi connectivity index (χ2v) is 4.45. The van der Waals surface area contributed by atoms with Crippen LogP contribution in [-0.4, -0.2) is 13.1 Å². The molecule has 1 heterocycles. The van der Waals surface area contributed by atoms with E-state index in [9.17, 15) is 4.79 Å². The van der Waals surface area contributed by atoms with E-state index in [1.54, 1.807) is 0 Å². The summed E-state index contributed by atoms with van der Waals surface area (Å²) in [7, 11) is 1.39. The largest absolute Gasteiger partial charge is 0.468 e. The molecule has 0 atom stereocenters. The van der Waals surface area contributed by atoms with Gasteiger partial charge in [-0.05, 0) is 17.7 Å². The maximum atomic E-state index is 11.3. The van der Waals surface area contributed by atoms with Crippen LogP contribution in [0.25, 0.3) is 0 Å². The first-order chi connectivity index (χ1) is 6.72. The van der Waals surface area contributed by atoms with Gasteiger partial charge in [0.15, 0.2) is 0 Å². The molecule has 1 radical (unpaired) electrons. The van der Waals surface area contributed by atoms with Gasteiger partial charge in [0.25, 0.3) is 0 Å². The van der Waals surface area contributed by atoms with E-state index in [2.05, 4.69) is 4.74 Å². The molecule has 1 aliphatic heterocycles. The van der Waals surface area contributed by atoms with E-state index in [-0.39, 0.29) is 5.97 Å². The van der Waals surface area contributed by atoms with Crippen LogP contribution in [0, 0.1) is 5.25 Å². The van der Waals surface area contributed by atoms with Crippen LogP contribution in [0.4, 0.5) is 0 Å². The first-order valence-electron chi connectivity index (χ1n) is 4.11. The number of hydrogen-bond acceptors (Lipinski definition) is 3. The summed E-state index contributed by atoms with van der Waals surface area (Å²) < 4.78 is 4.67. The number of ether oxygens (including phenoxy) is 1. The molecule has 2 nitrogen and oxygen atoms in total. The number of thioether (sulfide) groups is 1. The highest BCUT2D eigenvalue weighted by Gasteiger charge is 2.31. The number of carbonyl (C=O) groups is 1. The predicted molar refractivity (Wildman–Crippen MR) is 56.3 cm³/mol. The van der Waals surface area contributed by atoms with Crippen molar-refractivity contribution in [2.75, 3.05) is 7.11 Å². The normalized spacial score (nSPS) is 15.3. The van der Waals surface area contributed by atoms with E-state index in [0.29, 0.717) is 16.7 Å². The third-order valence-electron chi connectivity index (χ3n) is 2.06. The van der Waals surface area contributed by atoms with Crippen LogP contribution >= 0.6 is 23.4 Å². The zero-order valence-corrected chi connectivity index (χ0v) is 9.11. The van der Waals surface area contributed by atoms with Gasteiger partial charge in [0, 0.05) is 16.3 Å². The molecule has 1 aromatic carbocycles. The third-order valence-corrected chi connectivity index (χ3v) is 3.57. The Kier molecular flexibility index (Phi) is 2.70. The van der Waals surface area contributed by atoms with Crippen molar-refractivity contribution in [1.29, 1.82) is 0 Å². The van der Waals surface area contributed by atoms with Crippen LogP contribution in [-0.2, 0) is 16.0 Å². The van der Waals surface area contributed by atoms with Gasteiger partial charge in [-0.25, -0.2) is 0 Å². The van der Waals surface area contributed by atoms with Crippen molar-refractivity contribution < 1.29 is 9.53 Å². The average Bonchev–Trinajstić information content (AvgIpc) is 2.62. The van der Waals surface area contributed by atoms with Crippen LogP contribution in [0.2, 0.25) is 5.02 Å². The summed E-state index contributed by atoms with van der Waals surface area (Å²) in [6, 6.07) is 5.68. The second-order valence-electron chi connectivity index (χ2n) is 2.91. The fourth-order valence-corrected chi connectivity index (χ4v) is 2.76. The molecule has 0 aromatic heterocycles. The molecule has 0 unspecified atom stereocenters. The molecule has 4 heteroatoms. The SMILES string of the molecule is COC(=O)[C]1Cc2c(Cl)cccc2S1. The van der Waals surface area contributed by atoms with E-state index in [1.807, 2.05) is 18.2 Å². The smallest absolute Gasteiger partial charge is 0.324 e. The van der Waals surface area contributed by atoms with Crippen LogP contribution in [0.1, 0.15) is 5.56 Å². The number of methoxy groups -OCH3 is 1. The highest BCUT2D eigenvalue weighted by atomic mass is 35.5. The first kappa shape index (κ1) is 9.87. The molecule has 0 spiro atoms. The van der Waals surface area contributed by atoms with Gasteiger partial charge in [-0.2, -0.15) is 0 Å². The van der Waals surface area contributed by atoms with Gasteiger partial charge >= 0.3 is 5.97 Å². The number of rotatable bonds is 1. The summed E-state index contributed by atoms with van der Waals surface area (Å²) in [6.45, 7) is 0. The molecule has 0 bridgehead atoms. The van der Waals surface area contributed by atoms with E-state index in [4.69, 9.17) is 11.6 Å². The predicted octanol–water partition coefficient (Wildman–Crippen LogP) is 2.69. The standard InChI is InChI=1S/C10H8ClO2S/c1-13-10(12)9-5-6-7(11)3-2-4-8(6)14-9/h2-4H,5H2,1H3. The molecule has 1 aliphatic rings. The molecular formula is C10H8ClO2S. The van der Waals surface area contributed by atoms with Crippen molar-refractivity contribution in [3.8, 4) is 0 Å². The maximum absolute atomic E-state index is 11.3. The van der Waals surface area contributed by atoms with Crippen molar-refractivity contribution in [2.24, 2.45) is 0 Å². The van der Waals surface area contributed by atoms with Gasteiger partial charge in [0.05, 0.1) is 7.11 Å². The Morgan fingerprint density at radius 1 is 1.57 bits per heavy atom. The van der Waals surface area contributed by atoms with Crippen molar-refractivity contribution in [1.82, 2.24) is 0 Å². The molecule has 0 saturated carbocycles. The van der Waals surface area contributed by atoms with Gasteiger partial charge < -0.3 is 4.74 Å².